The number of nitrogen functional groups attached to an aromatic ring is 1. The third-order valence-corrected chi connectivity index (χ3v) is 4.22. The van der Waals surface area contributed by atoms with Crippen LogP contribution in [0, 0.1) is 11.3 Å². The smallest absolute Gasteiger partial charge is 0.253 e. The van der Waals surface area contributed by atoms with E-state index in [4.69, 9.17) is 5.73 Å². The van der Waals surface area contributed by atoms with Gasteiger partial charge in [-0.25, -0.2) is 0 Å². The van der Waals surface area contributed by atoms with Crippen molar-refractivity contribution >= 4 is 22.5 Å². The number of amides is 1. The summed E-state index contributed by atoms with van der Waals surface area (Å²) >= 11 is 0. The van der Waals surface area contributed by atoms with Crippen molar-refractivity contribution in [1.82, 2.24) is 10.3 Å². The summed E-state index contributed by atoms with van der Waals surface area (Å²) in [7, 11) is 0. The number of anilines is 1. The highest BCUT2D eigenvalue weighted by Gasteiger charge is 2.23. The third kappa shape index (κ3) is 2.79. The molecule has 1 aromatic carbocycles. The van der Waals surface area contributed by atoms with Crippen molar-refractivity contribution in [3.63, 3.8) is 0 Å². The molecule has 0 aliphatic carbocycles. The molecule has 0 atom stereocenters. The molecule has 20 heavy (non-hydrogen) atoms. The number of aromatic nitrogens is 1. The van der Waals surface area contributed by atoms with Crippen LogP contribution in [0.2, 0.25) is 0 Å². The molecule has 4 N–H and O–H groups in total. The lowest BCUT2D eigenvalue weighted by molar-refractivity contribution is 0.0926. The van der Waals surface area contributed by atoms with Gasteiger partial charge in [-0.2, -0.15) is 0 Å². The second-order valence-electron chi connectivity index (χ2n) is 6.33. The zero-order chi connectivity index (χ0) is 14.9. The molecule has 0 aliphatic rings. The zero-order valence-corrected chi connectivity index (χ0v) is 12.6. The second kappa shape index (κ2) is 5.19. The second-order valence-corrected chi connectivity index (χ2v) is 6.33. The summed E-state index contributed by atoms with van der Waals surface area (Å²) in [5.74, 6) is 0.442. The molecule has 0 aliphatic heterocycles. The van der Waals surface area contributed by atoms with Crippen LogP contribution in [0.1, 0.15) is 38.1 Å². The van der Waals surface area contributed by atoms with Gasteiger partial charge in [-0.15, -0.1) is 0 Å². The van der Waals surface area contributed by atoms with Gasteiger partial charge in [-0.1, -0.05) is 27.7 Å². The largest absolute Gasteiger partial charge is 0.399 e. The van der Waals surface area contributed by atoms with Gasteiger partial charge >= 0.3 is 0 Å². The molecule has 0 spiro atoms. The van der Waals surface area contributed by atoms with Gasteiger partial charge in [0.05, 0.1) is 5.56 Å². The first-order valence-electron chi connectivity index (χ1n) is 6.96. The van der Waals surface area contributed by atoms with Gasteiger partial charge in [-0.05, 0) is 29.5 Å². The van der Waals surface area contributed by atoms with Crippen LogP contribution >= 0.6 is 0 Å². The number of carbonyl (C=O) groups excluding carboxylic acids is 1. The Morgan fingerprint density at radius 3 is 2.75 bits per heavy atom. The average Bonchev–Trinajstić information content (AvgIpc) is 2.78. The lowest BCUT2D eigenvalue weighted by atomic mass is 9.81. The van der Waals surface area contributed by atoms with E-state index in [-0.39, 0.29) is 11.3 Å². The standard InChI is InChI=1S/C16H23N3O/c1-10(2)16(3,4)9-19-15(20)13-8-18-14-6-5-11(17)7-12(13)14/h5-8,10,18H,9,17H2,1-4H3,(H,19,20). The van der Waals surface area contributed by atoms with Crippen LogP contribution in [0.3, 0.4) is 0 Å². The van der Waals surface area contributed by atoms with Crippen molar-refractivity contribution in [3.8, 4) is 0 Å². The minimum absolute atomic E-state index is 0.0597. The molecule has 1 heterocycles. The van der Waals surface area contributed by atoms with Crippen LogP contribution in [-0.4, -0.2) is 17.4 Å². The summed E-state index contributed by atoms with van der Waals surface area (Å²) in [6.07, 6.45) is 1.74. The fourth-order valence-electron chi connectivity index (χ4n) is 1.93. The van der Waals surface area contributed by atoms with E-state index in [1.807, 2.05) is 18.2 Å². The van der Waals surface area contributed by atoms with E-state index in [9.17, 15) is 4.79 Å². The van der Waals surface area contributed by atoms with Crippen molar-refractivity contribution in [3.05, 3.63) is 30.0 Å². The van der Waals surface area contributed by atoms with Crippen LogP contribution in [-0.2, 0) is 0 Å². The van der Waals surface area contributed by atoms with Gasteiger partial charge in [0, 0.05) is 29.3 Å². The van der Waals surface area contributed by atoms with Gasteiger partial charge < -0.3 is 16.0 Å². The van der Waals surface area contributed by atoms with E-state index in [1.165, 1.54) is 0 Å². The molecular formula is C16H23N3O. The number of aromatic amines is 1. The summed E-state index contributed by atoms with van der Waals surface area (Å²) in [4.78, 5) is 15.4. The minimum atomic E-state index is -0.0597. The topological polar surface area (TPSA) is 70.9 Å². The Labute approximate surface area is 119 Å². The monoisotopic (exact) mass is 273 g/mol. The maximum atomic E-state index is 12.3. The van der Waals surface area contributed by atoms with Gasteiger partial charge in [-0.3, -0.25) is 4.79 Å². The molecule has 2 aromatic rings. The number of nitrogens with two attached hydrogens (primary N) is 1. The Morgan fingerprint density at radius 2 is 2.10 bits per heavy atom. The third-order valence-electron chi connectivity index (χ3n) is 4.22. The number of H-pyrrole nitrogens is 1. The minimum Gasteiger partial charge on any atom is -0.399 e. The molecule has 1 aromatic heterocycles. The Bertz CT molecular complexity index is 626. The van der Waals surface area contributed by atoms with E-state index in [1.54, 1.807) is 6.20 Å². The summed E-state index contributed by atoms with van der Waals surface area (Å²) < 4.78 is 0. The summed E-state index contributed by atoms with van der Waals surface area (Å²) in [5.41, 5.74) is 8.09. The highest BCUT2D eigenvalue weighted by molar-refractivity contribution is 6.07. The van der Waals surface area contributed by atoms with E-state index in [0.29, 0.717) is 23.7 Å². The number of hydrogen-bond acceptors (Lipinski definition) is 2. The van der Waals surface area contributed by atoms with Crippen molar-refractivity contribution in [2.45, 2.75) is 27.7 Å². The first-order chi connectivity index (χ1) is 9.31. The quantitative estimate of drug-likeness (QED) is 0.749. The highest BCUT2D eigenvalue weighted by atomic mass is 16.1. The van der Waals surface area contributed by atoms with Crippen LogP contribution in [0.15, 0.2) is 24.4 Å². The number of carbonyl (C=O) groups is 1. The fourth-order valence-corrected chi connectivity index (χ4v) is 1.93. The van der Waals surface area contributed by atoms with Crippen LogP contribution in [0.25, 0.3) is 10.9 Å². The average molecular weight is 273 g/mol. The van der Waals surface area contributed by atoms with Crippen molar-refractivity contribution in [2.24, 2.45) is 11.3 Å². The predicted octanol–water partition coefficient (Wildman–Crippen LogP) is 3.16. The number of benzene rings is 1. The maximum Gasteiger partial charge on any atom is 0.253 e. The number of nitrogens with one attached hydrogen (secondary N) is 2. The lowest BCUT2D eigenvalue weighted by Crippen LogP contribution is -2.36. The zero-order valence-electron chi connectivity index (χ0n) is 12.6. The van der Waals surface area contributed by atoms with Gasteiger partial charge in [0.25, 0.3) is 5.91 Å². The Morgan fingerprint density at radius 1 is 1.40 bits per heavy atom. The lowest BCUT2D eigenvalue weighted by Gasteiger charge is -2.29. The van der Waals surface area contributed by atoms with E-state index < -0.39 is 0 Å². The maximum absolute atomic E-state index is 12.3. The van der Waals surface area contributed by atoms with Crippen molar-refractivity contribution in [2.75, 3.05) is 12.3 Å². The molecule has 4 heteroatoms. The Kier molecular flexibility index (Phi) is 3.75. The Balaban J connectivity index is 2.18. The molecule has 0 saturated heterocycles. The molecule has 0 bridgehead atoms. The van der Waals surface area contributed by atoms with E-state index >= 15 is 0 Å². The molecule has 4 nitrogen and oxygen atoms in total. The van der Waals surface area contributed by atoms with Crippen molar-refractivity contribution < 1.29 is 4.79 Å². The van der Waals surface area contributed by atoms with Crippen molar-refractivity contribution in [1.29, 1.82) is 0 Å². The van der Waals surface area contributed by atoms with Crippen LogP contribution < -0.4 is 11.1 Å². The molecule has 1 amide bonds. The fraction of sp³-hybridized carbons (Fsp3) is 0.438. The number of rotatable bonds is 4. The van der Waals surface area contributed by atoms with E-state index in [0.717, 1.165) is 10.9 Å². The predicted molar refractivity (Wildman–Crippen MR) is 83.7 cm³/mol. The summed E-state index contributed by atoms with van der Waals surface area (Å²) in [5, 5.41) is 3.88. The van der Waals surface area contributed by atoms with Gasteiger partial charge in [0.2, 0.25) is 0 Å². The molecule has 0 fully saturated rings. The normalized spacial score (nSPS) is 12.1. The molecular weight excluding hydrogens is 250 g/mol. The molecule has 108 valence electrons. The van der Waals surface area contributed by atoms with Crippen LogP contribution in [0.4, 0.5) is 5.69 Å². The number of hydrogen-bond donors (Lipinski definition) is 3. The molecule has 0 unspecified atom stereocenters. The molecule has 0 radical (unpaired) electrons. The Hall–Kier alpha value is -1.97. The molecule has 0 saturated carbocycles. The first kappa shape index (κ1) is 14.4. The highest BCUT2D eigenvalue weighted by Crippen LogP contribution is 2.25. The SMILES string of the molecule is CC(C)C(C)(C)CNC(=O)c1c[nH]c2ccc(N)cc12. The van der Waals surface area contributed by atoms with Crippen LogP contribution in [0.5, 0.6) is 0 Å². The summed E-state index contributed by atoms with van der Waals surface area (Å²) in [6, 6.07) is 5.54. The molecule has 2 rings (SSSR count). The van der Waals surface area contributed by atoms with E-state index in [2.05, 4.69) is 38.0 Å². The summed E-state index contributed by atoms with van der Waals surface area (Å²) in [6.45, 7) is 9.30. The number of fused-ring (bicyclic) bond motifs is 1. The first-order valence-corrected chi connectivity index (χ1v) is 6.96. The van der Waals surface area contributed by atoms with Gasteiger partial charge in [0.15, 0.2) is 0 Å². The van der Waals surface area contributed by atoms with Gasteiger partial charge in [0.1, 0.15) is 0 Å².